The number of aliphatic hydroxyl groups is 2. The molecule has 1 saturated carbocycles. The van der Waals surface area contributed by atoms with Gasteiger partial charge >= 0.3 is 51.4 Å². The quantitative estimate of drug-likeness (QED) is 0.0555. The van der Waals surface area contributed by atoms with E-state index in [4.69, 9.17) is 33.4 Å². The number of benzene rings is 1. The molecule has 1 aromatic carbocycles. The molecule has 5 rings (SSSR count). The number of alkyl halides is 2. The average molecular weight is 792 g/mol. The van der Waals surface area contributed by atoms with Crippen molar-refractivity contribution < 1.29 is 83.9 Å². The monoisotopic (exact) mass is 791 g/mol. The molecule has 52 heavy (non-hydrogen) atoms. The molecule has 2 aliphatic rings. The Bertz CT molecular complexity index is 1680. The van der Waals surface area contributed by atoms with Gasteiger partial charge in [-0.3, -0.25) is 0 Å². The van der Waals surface area contributed by atoms with E-state index < -0.39 is 23.7 Å². The van der Waals surface area contributed by atoms with Crippen molar-refractivity contribution in [3.63, 3.8) is 0 Å². The van der Waals surface area contributed by atoms with Crippen molar-refractivity contribution in [2.75, 3.05) is 20.9 Å². The third kappa shape index (κ3) is 13.5. The van der Waals surface area contributed by atoms with Crippen LogP contribution in [0.5, 0.6) is 0 Å². The van der Waals surface area contributed by atoms with Crippen LogP contribution >= 0.6 is 22.9 Å². The molecule has 0 amide bonds. The summed E-state index contributed by atoms with van der Waals surface area (Å²) in [6, 6.07) is 4.72. The number of hydrogen-bond acceptors (Lipinski definition) is 8. The van der Waals surface area contributed by atoms with E-state index >= 15 is 4.39 Å². The molecule has 0 radical (unpaired) electrons. The summed E-state index contributed by atoms with van der Waals surface area (Å²) in [5.41, 5.74) is 8.67. The predicted molar refractivity (Wildman–Crippen MR) is 200 cm³/mol. The smallest absolute Gasteiger partial charge is 0.507 e. The van der Waals surface area contributed by atoms with Gasteiger partial charge in [-0.15, -0.1) is 11.3 Å². The molecule has 2 atom stereocenters. The standard InChI is InChI=1S/C31H28ClF4N2O2S.C3H5.C2H6.CH5NO.CH5N.K/c1-6-15(2)20-11-26(38-29(17(20)4)21-10-22(32)24(34)12-23(21)33)31(39,27-9-19(14-41-27)30(35)36)13-18-7-16(3)28(37)25(8-18)40-5;1-2-3-1;1-2;2-1-3;1-2;/h3,7-12,14-15,30,37,39H,6,13H2,1-2,4-5H3;1H,2-3H2;1-2H3;3H,1-2H2;2H2,1H3;/q2*-1;;;;+1. The number of nitrogens with two attached hydrogens (primary N) is 2. The van der Waals surface area contributed by atoms with Crippen molar-refractivity contribution in [2.45, 2.75) is 78.2 Å². The Balaban J connectivity index is 0.00000211. The van der Waals surface area contributed by atoms with Crippen molar-refractivity contribution in [3.05, 3.63) is 116 Å². The average Bonchev–Trinajstić information content (AvgIpc) is 3.92. The molecule has 0 bridgehead atoms. The van der Waals surface area contributed by atoms with Gasteiger partial charge in [0.25, 0.3) is 6.43 Å². The van der Waals surface area contributed by atoms with Crippen LogP contribution < -0.4 is 62.9 Å². The molecule has 282 valence electrons. The minimum absolute atomic E-state index is 0. The molecule has 2 aromatic heterocycles. The van der Waals surface area contributed by atoms with Crippen LogP contribution in [-0.2, 0) is 10.3 Å². The summed E-state index contributed by atoms with van der Waals surface area (Å²) in [7, 11) is 2.88. The molecule has 0 spiro atoms. The van der Waals surface area contributed by atoms with E-state index in [2.05, 4.69) is 22.9 Å². The van der Waals surface area contributed by atoms with Crippen molar-refractivity contribution in [1.29, 1.82) is 5.41 Å². The number of hydrogen-bond donors (Lipinski definition) is 5. The van der Waals surface area contributed by atoms with E-state index in [1.807, 2.05) is 27.7 Å². The van der Waals surface area contributed by atoms with Crippen LogP contribution in [0.3, 0.4) is 0 Å². The van der Waals surface area contributed by atoms with E-state index in [9.17, 15) is 18.3 Å². The summed E-state index contributed by atoms with van der Waals surface area (Å²) in [4.78, 5) is 4.86. The predicted octanol–water partition coefficient (Wildman–Crippen LogP) is 6.46. The van der Waals surface area contributed by atoms with Crippen LogP contribution in [-0.4, -0.2) is 41.8 Å². The Labute approximate surface area is 357 Å². The van der Waals surface area contributed by atoms with Gasteiger partial charge in [0.1, 0.15) is 17.2 Å². The third-order valence-corrected chi connectivity index (χ3v) is 8.97. The summed E-state index contributed by atoms with van der Waals surface area (Å²) in [5.74, 6) is -1.71. The number of methoxy groups -OCH3 is 1. The Hall–Kier alpha value is -1.75. The fourth-order valence-electron chi connectivity index (χ4n) is 4.78. The fraction of sp³-hybridized carbons (Fsp3) is 0.395. The molecule has 14 heteroatoms. The second-order valence-corrected chi connectivity index (χ2v) is 12.3. The molecule has 2 unspecified atom stereocenters. The molecule has 2 heterocycles. The first-order valence-electron chi connectivity index (χ1n) is 16.4. The van der Waals surface area contributed by atoms with Crippen LogP contribution in [0.4, 0.5) is 17.6 Å². The molecule has 0 saturated heterocycles. The van der Waals surface area contributed by atoms with Crippen molar-refractivity contribution in [1.82, 2.24) is 4.98 Å². The van der Waals surface area contributed by atoms with Crippen LogP contribution in [0, 0.1) is 37.0 Å². The van der Waals surface area contributed by atoms with Gasteiger partial charge in [0, 0.05) is 28.5 Å². The first-order chi connectivity index (χ1) is 24.2. The number of aromatic nitrogens is 1. The van der Waals surface area contributed by atoms with Crippen molar-refractivity contribution in [2.24, 2.45) is 11.5 Å². The van der Waals surface area contributed by atoms with Crippen LogP contribution in [0.1, 0.15) is 93.0 Å². The Morgan fingerprint density at radius 3 is 2.19 bits per heavy atom. The number of halogens is 5. The summed E-state index contributed by atoms with van der Waals surface area (Å²) in [6.07, 6.45) is 5.79. The molecule has 2 aliphatic carbocycles. The number of aliphatic hydroxyl groups excluding tert-OH is 1. The maximum Gasteiger partial charge on any atom is 1.00 e. The largest absolute Gasteiger partial charge is 1.00 e. The number of nitrogens with one attached hydrogen (secondary N) is 1. The zero-order chi connectivity index (χ0) is 39.1. The Morgan fingerprint density at radius 2 is 1.71 bits per heavy atom. The van der Waals surface area contributed by atoms with E-state index in [0.29, 0.717) is 23.6 Å². The van der Waals surface area contributed by atoms with Gasteiger partial charge in [0.2, 0.25) is 0 Å². The van der Waals surface area contributed by atoms with Gasteiger partial charge in [-0.2, -0.15) is 11.6 Å². The molecular formula is C38H49ClF4KN4O3S-. The maximum atomic E-state index is 15.1. The number of ether oxygens (including phenoxy) is 1. The SMILES string of the molecule is CC.CN.NCO.[CH-]1CC1.[CH-]=C1C=C(CC(O)(c2cc(C(C)CC)c(C)c(-c3cc(Cl)c(F)cc3F)n2)c2cc(C(F)F)cs2)C=C(OC)C1=N.[K+]. The molecule has 7 N–H and O–H groups in total. The van der Waals surface area contributed by atoms with E-state index in [1.54, 1.807) is 13.0 Å². The summed E-state index contributed by atoms with van der Waals surface area (Å²) in [5, 5.41) is 28.9. The maximum absolute atomic E-state index is 15.1. The molecule has 3 aromatic rings. The van der Waals surface area contributed by atoms with E-state index in [-0.39, 0.29) is 120 Å². The summed E-state index contributed by atoms with van der Waals surface area (Å²) < 4.78 is 61.7. The zero-order valence-electron chi connectivity index (χ0n) is 31.1. The first kappa shape index (κ1) is 50.2. The van der Waals surface area contributed by atoms with Gasteiger partial charge < -0.3 is 38.2 Å². The van der Waals surface area contributed by atoms with Crippen LogP contribution in [0.15, 0.2) is 58.7 Å². The number of nitrogens with zero attached hydrogens (tertiary/aromatic N) is 1. The van der Waals surface area contributed by atoms with Gasteiger partial charge in [-0.25, -0.2) is 42.0 Å². The topological polar surface area (TPSA) is 138 Å². The number of pyridine rings is 1. The van der Waals surface area contributed by atoms with Gasteiger partial charge in [-0.1, -0.05) is 44.9 Å². The summed E-state index contributed by atoms with van der Waals surface area (Å²) >= 11 is 6.95. The summed E-state index contributed by atoms with van der Waals surface area (Å²) in [6.45, 7) is 15.5. The van der Waals surface area contributed by atoms with Gasteiger partial charge in [-0.05, 0) is 72.8 Å². The van der Waals surface area contributed by atoms with Gasteiger partial charge in [0.05, 0.1) is 36.0 Å². The third-order valence-electron chi connectivity index (χ3n) is 7.59. The van der Waals surface area contributed by atoms with Gasteiger partial charge in [0.15, 0.2) is 0 Å². The van der Waals surface area contributed by atoms with Crippen molar-refractivity contribution in [3.8, 4) is 11.3 Å². The number of thiophene rings is 1. The molecule has 1 fully saturated rings. The number of rotatable bonds is 9. The minimum Gasteiger partial charge on any atom is -0.507 e. The zero-order valence-corrected chi connectivity index (χ0v) is 35.8. The number of allylic oxidation sites excluding steroid dienone is 3. The van der Waals surface area contributed by atoms with Crippen LogP contribution in [0.2, 0.25) is 5.02 Å². The minimum atomic E-state index is -2.77. The molecular weight excluding hydrogens is 743 g/mol. The van der Waals surface area contributed by atoms with E-state index in [0.717, 1.165) is 23.0 Å². The fourth-order valence-corrected chi connectivity index (χ4v) is 5.95. The molecule has 7 nitrogen and oxygen atoms in total. The first-order valence-corrected chi connectivity index (χ1v) is 17.6. The normalized spacial score (nSPS) is 14.6. The Morgan fingerprint density at radius 1 is 1.13 bits per heavy atom. The molecule has 0 aliphatic heterocycles. The second kappa shape index (κ2) is 24.6. The second-order valence-electron chi connectivity index (χ2n) is 11.0. The Kier molecular flexibility index (Phi) is 23.8. The van der Waals surface area contributed by atoms with Crippen LogP contribution in [0.25, 0.3) is 11.3 Å². The van der Waals surface area contributed by atoms with Crippen molar-refractivity contribution >= 4 is 28.6 Å². The van der Waals surface area contributed by atoms with E-state index in [1.165, 1.54) is 50.6 Å².